The summed E-state index contributed by atoms with van der Waals surface area (Å²) >= 11 is 17.2. The lowest BCUT2D eigenvalue weighted by Gasteiger charge is -2.44. The van der Waals surface area contributed by atoms with Crippen LogP contribution in [0.4, 0.5) is 4.79 Å². The van der Waals surface area contributed by atoms with E-state index in [1.165, 1.54) is 115 Å². The molecular weight excluding hydrogens is 705 g/mol. The van der Waals surface area contributed by atoms with Gasteiger partial charge in [-0.25, -0.2) is 4.79 Å². The number of amides is 1. The number of nitrogens with one attached hydrogen (secondary N) is 1. The molecule has 1 amide bonds. The number of halogens is 3. The van der Waals surface area contributed by atoms with E-state index in [2.05, 4.69) is 25.7 Å². The first kappa shape index (κ1) is 47.7. The molecule has 1 aliphatic rings. The third-order valence-electron chi connectivity index (χ3n) is 9.11. The molecule has 0 aromatic rings. The minimum Gasteiger partial charge on any atom is -0.445 e. The molecule has 50 heavy (non-hydrogen) atoms. The quantitative estimate of drug-likeness (QED) is 0.0352. The van der Waals surface area contributed by atoms with Crippen LogP contribution in [-0.4, -0.2) is 89.9 Å². The van der Waals surface area contributed by atoms with Gasteiger partial charge in [0.05, 0.1) is 19.3 Å². The van der Waals surface area contributed by atoms with Crippen molar-refractivity contribution in [1.82, 2.24) is 5.32 Å². The van der Waals surface area contributed by atoms with E-state index in [9.17, 15) is 15.0 Å². The van der Waals surface area contributed by atoms with Crippen molar-refractivity contribution >= 4 is 40.9 Å². The Morgan fingerprint density at radius 2 is 1.36 bits per heavy atom. The van der Waals surface area contributed by atoms with Gasteiger partial charge in [-0.2, -0.15) is 0 Å². The Kier molecular flexibility index (Phi) is 29.6. The van der Waals surface area contributed by atoms with Crippen molar-refractivity contribution in [2.75, 3.05) is 33.0 Å². The largest absolute Gasteiger partial charge is 0.445 e. The fourth-order valence-corrected chi connectivity index (χ4v) is 6.38. The predicted octanol–water partition coefficient (Wildman–Crippen LogP) is 9.73. The number of rotatable bonds is 32. The van der Waals surface area contributed by atoms with Crippen LogP contribution in [0.5, 0.6) is 0 Å². The number of alkyl carbamates (subject to hydrolysis) is 1. The summed E-state index contributed by atoms with van der Waals surface area (Å²) in [4.78, 5) is 12.7. The van der Waals surface area contributed by atoms with Gasteiger partial charge in [0.15, 0.2) is 6.29 Å². The molecule has 0 aromatic heterocycles. The highest BCUT2D eigenvalue weighted by atomic mass is 35.6. The number of unbranched alkanes of at least 4 members (excludes halogenated alkanes) is 17. The van der Waals surface area contributed by atoms with Gasteiger partial charge < -0.3 is 39.2 Å². The number of aliphatic hydroxyl groups is 2. The number of carbonyl (C=O) groups is 1. The third kappa shape index (κ3) is 24.1. The average molecular weight is 775 g/mol. The van der Waals surface area contributed by atoms with Crippen LogP contribution in [0.25, 0.3) is 0 Å². The number of carbonyl (C=O) groups excluding carboxylic acids is 1. The van der Waals surface area contributed by atoms with Crippen molar-refractivity contribution in [1.29, 1.82) is 0 Å². The standard InChI is InChI=1S/C38H70Cl3NO8/c1-4-7-9-11-13-15-17-19-21-23-27-46-31(24-22-20-18-16-14-12-10-8-5-2)25-28-47-35-33(42-37(45)49-30-38(39,40)41)36(48-26-6-3)50-32(29-43)34(35)44/h6,31-36,43-44H,3-5,7-30H2,1-2H3,(H,42,45)/t31-,32-,33-,34-,35-,36+/m1/s1. The molecule has 1 heterocycles. The molecular formula is C38H70Cl3NO8. The average Bonchev–Trinajstić information content (AvgIpc) is 3.09. The topological polar surface area (TPSA) is 116 Å². The number of hydrogen-bond acceptors (Lipinski definition) is 8. The zero-order valence-electron chi connectivity index (χ0n) is 31.1. The zero-order chi connectivity index (χ0) is 36.9. The van der Waals surface area contributed by atoms with E-state index in [0.29, 0.717) is 13.0 Å². The Morgan fingerprint density at radius 1 is 0.820 bits per heavy atom. The van der Waals surface area contributed by atoms with Crippen molar-refractivity contribution in [3.05, 3.63) is 12.7 Å². The van der Waals surface area contributed by atoms with E-state index < -0.39 is 53.7 Å². The van der Waals surface area contributed by atoms with Crippen molar-refractivity contribution in [2.45, 2.75) is 189 Å². The summed E-state index contributed by atoms with van der Waals surface area (Å²) in [6, 6.07) is -0.987. The Hall–Kier alpha value is -0.360. The SMILES string of the molecule is C=CCO[C@H]1O[C@H](CO)[C@@H](O)[C@H](OCC[C@@H](CCCCCCCCCCC)OCCCCCCCCCCCC)[C@H]1NC(=O)OCC(Cl)(Cl)Cl. The highest BCUT2D eigenvalue weighted by Gasteiger charge is 2.47. The van der Waals surface area contributed by atoms with Crippen molar-refractivity contribution < 1.29 is 38.7 Å². The molecule has 0 spiro atoms. The maximum absolute atomic E-state index is 12.7. The first-order valence-electron chi connectivity index (χ1n) is 19.6. The Bertz CT molecular complexity index is 821. The maximum Gasteiger partial charge on any atom is 0.407 e. The van der Waals surface area contributed by atoms with E-state index in [1.807, 2.05) is 0 Å². The number of alkyl halides is 3. The van der Waals surface area contributed by atoms with Gasteiger partial charge in [0.2, 0.25) is 3.79 Å². The molecule has 6 atom stereocenters. The Morgan fingerprint density at radius 3 is 1.88 bits per heavy atom. The van der Waals surface area contributed by atoms with Crippen LogP contribution in [0.3, 0.4) is 0 Å². The molecule has 1 aliphatic heterocycles. The van der Waals surface area contributed by atoms with E-state index >= 15 is 0 Å². The molecule has 0 unspecified atom stereocenters. The summed E-state index contributed by atoms with van der Waals surface area (Å²) < 4.78 is 27.4. The summed E-state index contributed by atoms with van der Waals surface area (Å²) in [5.41, 5.74) is 0. The molecule has 3 N–H and O–H groups in total. The fourth-order valence-electron chi connectivity index (χ4n) is 6.22. The smallest absolute Gasteiger partial charge is 0.407 e. The first-order valence-corrected chi connectivity index (χ1v) is 20.7. The molecule has 0 bridgehead atoms. The highest BCUT2D eigenvalue weighted by Crippen LogP contribution is 2.28. The van der Waals surface area contributed by atoms with E-state index in [-0.39, 0.29) is 19.3 Å². The normalized spacial score (nSPS) is 21.6. The van der Waals surface area contributed by atoms with Gasteiger partial charge >= 0.3 is 6.09 Å². The van der Waals surface area contributed by atoms with Gasteiger partial charge in [0.1, 0.15) is 31.0 Å². The highest BCUT2D eigenvalue weighted by molar-refractivity contribution is 6.67. The molecule has 1 fully saturated rings. The van der Waals surface area contributed by atoms with Crippen molar-refractivity contribution in [3.8, 4) is 0 Å². The predicted molar refractivity (Wildman–Crippen MR) is 204 cm³/mol. The summed E-state index contributed by atoms with van der Waals surface area (Å²) in [6.07, 6.45) is 21.9. The van der Waals surface area contributed by atoms with Gasteiger partial charge in [-0.05, 0) is 19.3 Å². The molecule has 0 aliphatic carbocycles. The minimum atomic E-state index is -1.80. The van der Waals surface area contributed by atoms with Gasteiger partial charge in [0.25, 0.3) is 0 Å². The van der Waals surface area contributed by atoms with Crippen LogP contribution in [-0.2, 0) is 23.7 Å². The lowest BCUT2D eigenvalue weighted by atomic mass is 9.96. The minimum absolute atomic E-state index is 0.0113. The number of aliphatic hydroxyl groups excluding tert-OH is 2. The van der Waals surface area contributed by atoms with E-state index in [0.717, 1.165) is 19.3 Å². The van der Waals surface area contributed by atoms with Crippen molar-refractivity contribution in [2.24, 2.45) is 0 Å². The fraction of sp³-hybridized carbons (Fsp3) is 0.921. The number of ether oxygens (including phenoxy) is 5. The maximum atomic E-state index is 12.7. The Balaban J connectivity index is 2.75. The Labute approximate surface area is 318 Å². The van der Waals surface area contributed by atoms with Crippen LogP contribution in [0.2, 0.25) is 0 Å². The van der Waals surface area contributed by atoms with Gasteiger partial charge in [-0.15, -0.1) is 6.58 Å². The second-order valence-electron chi connectivity index (χ2n) is 13.6. The molecule has 0 aromatic carbocycles. The summed E-state index contributed by atoms with van der Waals surface area (Å²) in [7, 11) is 0. The number of hydrogen-bond donors (Lipinski definition) is 3. The summed E-state index contributed by atoms with van der Waals surface area (Å²) in [5, 5.41) is 23.7. The van der Waals surface area contributed by atoms with Gasteiger partial charge in [-0.1, -0.05) is 170 Å². The van der Waals surface area contributed by atoms with Crippen LogP contribution in [0, 0.1) is 0 Å². The summed E-state index contributed by atoms with van der Waals surface area (Å²) in [5.74, 6) is 0. The van der Waals surface area contributed by atoms with E-state index in [1.54, 1.807) is 0 Å². The van der Waals surface area contributed by atoms with Gasteiger partial charge in [-0.3, -0.25) is 0 Å². The molecule has 1 saturated heterocycles. The molecule has 9 nitrogen and oxygen atoms in total. The lowest BCUT2D eigenvalue weighted by Crippen LogP contribution is -2.65. The van der Waals surface area contributed by atoms with Gasteiger partial charge in [0, 0.05) is 13.2 Å². The van der Waals surface area contributed by atoms with Crippen molar-refractivity contribution in [3.63, 3.8) is 0 Å². The molecule has 12 heteroatoms. The van der Waals surface area contributed by atoms with Crippen LogP contribution in [0.15, 0.2) is 12.7 Å². The first-order chi connectivity index (χ1) is 24.2. The van der Waals surface area contributed by atoms with E-state index in [4.69, 9.17) is 58.5 Å². The zero-order valence-corrected chi connectivity index (χ0v) is 33.4. The molecule has 1 rings (SSSR count). The molecule has 0 radical (unpaired) electrons. The second-order valence-corrected chi connectivity index (χ2v) is 16.1. The molecule has 296 valence electrons. The summed E-state index contributed by atoms with van der Waals surface area (Å²) in [6.45, 7) is 8.28. The lowest BCUT2D eigenvalue weighted by molar-refractivity contribution is -0.274. The van der Waals surface area contributed by atoms with Crippen LogP contribution >= 0.6 is 34.8 Å². The third-order valence-corrected chi connectivity index (χ3v) is 9.44. The monoisotopic (exact) mass is 773 g/mol. The van der Waals surface area contributed by atoms with Crippen LogP contribution < -0.4 is 5.32 Å². The van der Waals surface area contributed by atoms with Crippen LogP contribution in [0.1, 0.15) is 149 Å². The second kappa shape index (κ2) is 31.0. The molecule has 0 saturated carbocycles.